The van der Waals surface area contributed by atoms with E-state index in [1.807, 2.05) is 46.1 Å². The number of piperidine rings is 1. The van der Waals surface area contributed by atoms with Gasteiger partial charge in [0.2, 0.25) is 11.7 Å². The molecule has 0 spiro atoms. The number of hydrogen-bond acceptors (Lipinski definition) is 4. The molecular formula is C19H21N5O. The molecule has 1 aliphatic rings. The molecule has 1 atom stereocenters. The van der Waals surface area contributed by atoms with E-state index in [0.29, 0.717) is 12.2 Å². The number of imidazole rings is 1. The van der Waals surface area contributed by atoms with Crippen molar-refractivity contribution in [3.8, 4) is 0 Å². The number of pyridine rings is 1. The van der Waals surface area contributed by atoms with E-state index in [0.717, 1.165) is 43.5 Å². The highest BCUT2D eigenvalue weighted by Crippen LogP contribution is 2.30. The van der Waals surface area contributed by atoms with Crippen LogP contribution < -0.4 is 0 Å². The molecule has 1 aliphatic heterocycles. The average Bonchev–Trinajstić information content (AvgIpc) is 3.15. The van der Waals surface area contributed by atoms with Gasteiger partial charge in [0.15, 0.2) is 0 Å². The highest BCUT2D eigenvalue weighted by Gasteiger charge is 2.28. The molecule has 0 aromatic carbocycles. The predicted molar refractivity (Wildman–Crippen MR) is 93.9 cm³/mol. The van der Waals surface area contributed by atoms with Crippen molar-refractivity contribution in [1.82, 2.24) is 24.3 Å². The van der Waals surface area contributed by atoms with Crippen LogP contribution in [0.5, 0.6) is 0 Å². The van der Waals surface area contributed by atoms with Crippen LogP contribution in [0.25, 0.3) is 5.78 Å². The van der Waals surface area contributed by atoms with Crippen LogP contribution in [-0.4, -0.2) is 36.7 Å². The van der Waals surface area contributed by atoms with Crippen molar-refractivity contribution in [2.45, 2.75) is 38.1 Å². The summed E-state index contributed by atoms with van der Waals surface area (Å²) >= 11 is 0. The Kier molecular flexibility index (Phi) is 4.41. The van der Waals surface area contributed by atoms with Gasteiger partial charge in [0.25, 0.3) is 0 Å². The second-order valence-electron chi connectivity index (χ2n) is 6.45. The molecule has 0 aliphatic carbocycles. The molecule has 6 heteroatoms. The Morgan fingerprint density at radius 1 is 1.20 bits per heavy atom. The summed E-state index contributed by atoms with van der Waals surface area (Å²) in [6, 6.07) is 5.98. The van der Waals surface area contributed by atoms with Gasteiger partial charge in [0.05, 0.1) is 11.7 Å². The van der Waals surface area contributed by atoms with Crippen LogP contribution in [0.15, 0.2) is 49.2 Å². The minimum atomic E-state index is 0.0526. The molecule has 6 nitrogen and oxygen atoms in total. The van der Waals surface area contributed by atoms with E-state index in [9.17, 15) is 4.79 Å². The fourth-order valence-corrected chi connectivity index (χ4v) is 3.48. The van der Waals surface area contributed by atoms with Crippen LogP contribution in [0.4, 0.5) is 0 Å². The number of fused-ring (bicyclic) bond motifs is 1. The molecule has 25 heavy (non-hydrogen) atoms. The van der Waals surface area contributed by atoms with E-state index >= 15 is 0 Å². The molecule has 1 saturated heterocycles. The number of rotatable bonds is 4. The van der Waals surface area contributed by atoms with Gasteiger partial charge in [-0.05, 0) is 43.4 Å². The summed E-state index contributed by atoms with van der Waals surface area (Å²) in [6.07, 6.45) is 13.5. The molecule has 0 radical (unpaired) electrons. The molecule has 1 amide bonds. The van der Waals surface area contributed by atoms with Crippen LogP contribution in [0.2, 0.25) is 0 Å². The highest BCUT2D eigenvalue weighted by atomic mass is 16.2. The lowest BCUT2D eigenvalue weighted by molar-refractivity contribution is -0.135. The first-order chi connectivity index (χ1) is 12.3. The summed E-state index contributed by atoms with van der Waals surface area (Å²) in [5.74, 6) is 0.879. The zero-order valence-electron chi connectivity index (χ0n) is 14.1. The third-order valence-electron chi connectivity index (χ3n) is 4.80. The molecule has 1 fully saturated rings. The van der Waals surface area contributed by atoms with Crippen molar-refractivity contribution in [3.63, 3.8) is 0 Å². The largest absolute Gasteiger partial charge is 0.334 e. The molecule has 0 N–H and O–H groups in total. The van der Waals surface area contributed by atoms with Crippen molar-refractivity contribution in [1.29, 1.82) is 0 Å². The summed E-state index contributed by atoms with van der Waals surface area (Å²) in [7, 11) is 0. The zero-order valence-corrected chi connectivity index (χ0v) is 14.1. The summed E-state index contributed by atoms with van der Waals surface area (Å²) in [5, 5.41) is 0. The fourth-order valence-electron chi connectivity index (χ4n) is 3.48. The summed E-state index contributed by atoms with van der Waals surface area (Å²) in [6.45, 7) is 0.803. The molecule has 3 aromatic rings. The van der Waals surface area contributed by atoms with Crippen molar-refractivity contribution >= 4 is 11.7 Å². The SMILES string of the molecule is O=C(CCc1cccnc1)N1CCCC[C@H]1c1ccn2ccnc2n1. The number of hydrogen-bond donors (Lipinski definition) is 0. The van der Waals surface area contributed by atoms with E-state index in [-0.39, 0.29) is 11.9 Å². The normalized spacial score (nSPS) is 17.8. The maximum absolute atomic E-state index is 12.8. The Morgan fingerprint density at radius 3 is 3.04 bits per heavy atom. The number of aromatic nitrogens is 4. The van der Waals surface area contributed by atoms with Gasteiger partial charge < -0.3 is 4.90 Å². The van der Waals surface area contributed by atoms with Gasteiger partial charge in [-0.25, -0.2) is 9.97 Å². The first kappa shape index (κ1) is 15.7. The van der Waals surface area contributed by atoms with Crippen molar-refractivity contribution in [2.24, 2.45) is 0 Å². The Bertz CT molecular complexity index is 860. The smallest absolute Gasteiger partial charge is 0.233 e. The second kappa shape index (κ2) is 7.01. The van der Waals surface area contributed by atoms with Gasteiger partial charge in [-0.15, -0.1) is 0 Å². The van der Waals surface area contributed by atoms with Crippen molar-refractivity contribution in [3.05, 3.63) is 60.4 Å². The summed E-state index contributed by atoms with van der Waals surface area (Å²) < 4.78 is 1.89. The zero-order chi connectivity index (χ0) is 17.1. The second-order valence-corrected chi connectivity index (χ2v) is 6.45. The Balaban J connectivity index is 1.50. The minimum absolute atomic E-state index is 0.0526. The third kappa shape index (κ3) is 3.38. The minimum Gasteiger partial charge on any atom is -0.334 e. The Hall–Kier alpha value is -2.76. The number of carbonyl (C=O) groups excluding carboxylic acids is 1. The molecule has 0 saturated carbocycles. The number of carbonyl (C=O) groups is 1. The lowest BCUT2D eigenvalue weighted by Crippen LogP contribution is -2.39. The number of likely N-dealkylation sites (tertiary alicyclic amines) is 1. The van der Waals surface area contributed by atoms with Crippen molar-refractivity contribution < 1.29 is 4.79 Å². The molecule has 4 rings (SSSR count). The quantitative estimate of drug-likeness (QED) is 0.735. The predicted octanol–water partition coefficient (Wildman–Crippen LogP) is 2.81. The number of aryl methyl sites for hydroxylation is 1. The standard InChI is InChI=1S/C19H21N5O/c25-18(7-6-15-4-3-9-20-14-15)24-11-2-1-5-17(24)16-8-12-23-13-10-21-19(23)22-16/h3-4,8-10,12-14,17H,1-2,5-7,11H2/t17-/m0/s1. The molecule has 4 heterocycles. The van der Waals surface area contributed by atoms with E-state index in [1.165, 1.54) is 0 Å². The lowest BCUT2D eigenvalue weighted by atomic mass is 9.98. The highest BCUT2D eigenvalue weighted by molar-refractivity contribution is 5.77. The number of amides is 1. The molecule has 0 unspecified atom stereocenters. The molecular weight excluding hydrogens is 314 g/mol. The van der Waals surface area contributed by atoms with Gasteiger partial charge >= 0.3 is 0 Å². The Labute approximate surface area is 146 Å². The van der Waals surface area contributed by atoms with Gasteiger partial charge in [-0.3, -0.25) is 14.2 Å². The first-order valence-electron chi connectivity index (χ1n) is 8.79. The molecule has 128 valence electrons. The lowest BCUT2D eigenvalue weighted by Gasteiger charge is -2.35. The van der Waals surface area contributed by atoms with E-state index in [1.54, 1.807) is 12.4 Å². The van der Waals surface area contributed by atoms with Gasteiger partial charge in [-0.1, -0.05) is 6.07 Å². The number of nitrogens with zero attached hydrogens (tertiary/aromatic N) is 5. The topological polar surface area (TPSA) is 63.4 Å². The average molecular weight is 335 g/mol. The maximum atomic E-state index is 12.8. The maximum Gasteiger partial charge on any atom is 0.233 e. The Morgan fingerprint density at radius 2 is 2.16 bits per heavy atom. The van der Waals surface area contributed by atoms with Crippen LogP contribution in [0.1, 0.15) is 43.0 Å². The van der Waals surface area contributed by atoms with Gasteiger partial charge in [-0.2, -0.15) is 0 Å². The molecule has 0 bridgehead atoms. The fraction of sp³-hybridized carbons (Fsp3) is 0.368. The van der Waals surface area contributed by atoms with Crippen LogP contribution in [-0.2, 0) is 11.2 Å². The summed E-state index contributed by atoms with van der Waals surface area (Å²) in [4.78, 5) is 27.9. The third-order valence-corrected chi connectivity index (χ3v) is 4.80. The first-order valence-corrected chi connectivity index (χ1v) is 8.79. The summed E-state index contributed by atoms with van der Waals surface area (Å²) in [5.41, 5.74) is 2.04. The molecule has 3 aromatic heterocycles. The van der Waals surface area contributed by atoms with Crippen LogP contribution in [0, 0.1) is 0 Å². The van der Waals surface area contributed by atoms with Crippen LogP contribution >= 0.6 is 0 Å². The van der Waals surface area contributed by atoms with E-state index < -0.39 is 0 Å². The monoisotopic (exact) mass is 335 g/mol. The van der Waals surface area contributed by atoms with Crippen molar-refractivity contribution in [2.75, 3.05) is 6.54 Å². The van der Waals surface area contributed by atoms with E-state index in [2.05, 4.69) is 15.0 Å². The van der Waals surface area contributed by atoms with Crippen LogP contribution in [0.3, 0.4) is 0 Å². The van der Waals surface area contributed by atoms with Gasteiger partial charge in [0.1, 0.15) is 0 Å². The van der Waals surface area contributed by atoms with Gasteiger partial charge in [0, 0.05) is 43.9 Å². The van der Waals surface area contributed by atoms with E-state index in [4.69, 9.17) is 0 Å².